The molecule has 1 fully saturated rings. The van der Waals surface area contributed by atoms with Gasteiger partial charge < -0.3 is 14.5 Å². The van der Waals surface area contributed by atoms with Crippen LogP contribution >= 0.6 is 0 Å². The molecule has 1 aromatic heterocycles. The number of hydrogen-bond donors (Lipinski definition) is 0. The number of piperazine rings is 1. The van der Waals surface area contributed by atoms with Crippen LogP contribution in [0.4, 0.5) is 5.82 Å². The second-order valence-electron chi connectivity index (χ2n) is 4.73. The molecule has 2 rings (SSSR count). The number of rotatable bonds is 3. The molecule has 0 atom stereocenters. The predicted octanol–water partition coefficient (Wildman–Crippen LogP) is -0.0850. The van der Waals surface area contributed by atoms with E-state index in [4.69, 9.17) is 0 Å². The summed E-state index contributed by atoms with van der Waals surface area (Å²) in [6, 6.07) is 0. The maximum Gasteiger partial charge on any atom is 0.325 e. The zero-order valence-electron chi connectivity index (χ0n) is 11.9. The highest BCUT2D eigenvalue weighted by Gasteiger charge is 2.27. The molecule has 7 nitrogen and oxygen atoms in total. The predicted molar refractivity (Wildman–Crippen MR) is 72.3 cm³/mol. The Hall–Kier alpha value is -2.18. The van der Waals surface area contributed by atoms with E-state index in [9.17, 15) is 9.59 Å². The van der Waals surface area contributed by atoms with Crippen molar-refractivity contribution in [1.82, 2.24) is 14.9 Å². The molecular formula is C13H18N4O3. The molecule has 0 unspecified atom stereocenters. The number of aryl methyl sites for hydroxylation is 2. The Morgan fingerprint density at radius 1 is 1.40 bits per heavy atom. The molecule has 0 spiro atoms. The van der Waals surface area contributed by atoms with Crippen molar-refractivity contribution in [1.29, 1.82) is 0 Å². The number of esters is 1. The van der Waals surface area contributed by atoms with Crippen molar-refractivity contribution in [2.45, 2.75) is 13.8 Å². The van der Waals surface area contributed by atoms with Gasteiger partial charge in [0.2, 0.25) is 5.91 Å². The lowest BCUT2D eigenvalue weighted by molar-refractivity contribution is -0.147. The fourth-order valence-corrected chi connectivity index (χ4v) is 2.10. The van der Waals surface area contributed by atoms with Crippen molar-refractivity contribution in [3.05, 3.63) is 17.6 Å². The maximum atomic E-state index is 12.1. The number of anilines is 1. The number of methoxy groups -OCH3 is 1. The van der Waals surface area contributed by atoms with Crippen molar-refractivity contribution < 1.29 is 14.3 Å². The number of carbonyl (C=O) groups is 2. The van der Waals surface area contributed by atoms with Crippen LogP contribution in [-0.2, 0) is 14.3 Å². The van der Waals surface area contributed by atoms with E-state index in [-0.39, 0.29) is 19.0 Å². The summed E-state index contributed by atoms with van der Waals surface area (Å²) < 4.78 is 4.58. The summed E-state index contributed by atoms with van der Waals surface area (Å²) >= 11 is 0. The number of aromatic nitrogens is 2. The average Bonchev–Trinajstić information content (AvgIpc) is 2.43. The molecule has 1 aliphatic heterocycles. The van der Waals surface area contributed by atoms with Crippen LogP contribution in [-0.4, -0.2) is 60.0 Å². The minimum Gasteiger partial charge on any atom is -0.468 e. The third kappa shape index (κ3) is 3.04. The first kappa shape index (κ1) is 14.2. The molecular weight excluding hydrogens is 260 g/mol. The Morgan fingerprint density at radius 2 is 2.15 bits per heavy atom. The molecule has 1 amide bonds. The SMILES string of the molecule is COC(=O)CN1CCN(c2nc(C)cnc2C)CC1=O. The summed E-state index contributed by atoms with van der Waals surface area (Å²) in [4.78, 5) is 35.4. The molecule has 0 N–H and O–H groups in total. The summed E-state index contributed by atoms with van der Waals surface area (Å²) in [6.45, 7) is 5.04. The van der Waals surface area contributed by atoms with Gasteiger partial charge in [-0.25, -0.2) is 4.98 Å². The molecule has 0 bridgehead atoms. The van der Waals surface area contributed by atoms with Gasteiger partial charge in [0.1, 0.15) is 6.54 Å². The second kappa shape index (κ2) is 5.85. The largest absolute Gasteiger partial charge is 0.468 e. The smallest absolute Gasteiger partial charge is 0.325 e. The summed E-state index contributed by atoms with van der Waals surface area (Å²) in [5, 5.41) is 0. The van der Waals surface area contributed by atoms with E-state index in [1.807, 2.05) is 18.7 Å². The van der Waals surface area contributed by atoms with Gasteiger partial charge in [-0.1, -0.05) is 0 Å². The normalized spacial score (nSPS) is 15.4. The summed E-state index contributed by atoms with van der Waals surface area (Å²) in [7, 11) is 1.31. The van der Waals surface area contributed by atoms with Gasteiger partial charge in [-0.05, 0) is 13.8 Å². The van der Waals surface area contributed by atoms with E-state index in [1.54, 1.807) is 6.20 Å². The van der Waals surface area contributed by atoms with Gasteiger partial charge in [-0.15, -0.1) is 0 Å². The molecule has 7 heteroatoms. The molecule has 20 heavy (non-hydrogen) atoms. The Labute approximate surface area is 117 Å². The monoisotopic (exact) mass is 278 g/mol. The fourth-order valence-electron chi connectivity index (χ4n) is 2.10. The second-order valence-corrected chi connectivity index (χ2v) is 4.73. The first-order chi connectivity index (χ1) is 9.51. The summed E-state index contributed by atoms with van der Waals surface area (Å²) in [5.74, 6) is 0.221. The fraction of sp³-hybridized carbons (Fsp3) is 0.538. The molecule has 108 valence electrons. The van der Waals surface area contributed by atoms with E-state index in [1.165, 1.54) is 12.0 Å². The van der Waals surface area contributed by atoms with Crippen molar-refractivity contribution in [2.24, 2.45) is 0 Å². The van der Waals surface area contributed by atoms with Crippen LogP contribution in [0.2, 0.25) is 0 Å². The number of amides is 1. The Bertz CT molecular complexity index is 532. The topological polar surface area (TPSA) is 75.6 Å². The lowest BCUT2D eigenvalue weighted by Gasteiger charge is -2.34. The van der Waals surface area contributed by atoms with Crippen LogP contribution in [0.5, 0.6) is 0 Å². The molecule has 0 radical (unpaired) electrons. The van der Waals surface area contributed by atoms with Crippen molar-refractivity contribution in [3.8, 4) is 0 Å². The van der Waals surface area contributed by atoms with E-state index in [0.717, 1.165) is 17.2 Å². The average molecular weight is 278 g/mol. The number of ether oxygens (including phenoxy) is 1. The summed E-state index contributed by atoms with van der Waals surface area (Å²) in [5.41, 5.74) is 1.61. The third-order valence-electron chi connectivity index (χ3n) is 3.22. The van der Waals surface area contributed by atoms with E-state index < -0.39 is 5.97 Å². The zero-order chi connectivity index (χ0) is 14.7. The Kier molecular flexibility index (Phi) is 4.16. The van der Waals surface area contributed by atoms with Gasteiger partial charge in [0.15, 0.2) is 5.82 Å². The van der Waals surface area contributed by atoms with E-state index in [2.05, 4.69) is 14.7 Å². The molecule has 1 saturated heterocycles. The lowest BCUT2D eigenvalue weighted by Crippen LogP contribution is -2.52. The lowest BCUT2D eigenvalue weighted by atomic mass is 10.2. The Balaban J connectivity index is 2.07. The molecule has 1 aromatic rings. The molecule has 0 aliphatic carbocycles. The zero-order valence-corrected chi connectivity index (χ0v) is 11.9. The molecule has 0 aromatic carbocycles. The molecule has 2 heterocycles. The first-order valence-electron chi connectivity index (χ1n) is 6.41. The third-order valence-corrected chi connectivity index (χ3v) is 3.22. The number of carbonyl (C=O) groups excluding carboxylic acids is 2. The van der Waals surface area contributed by atoms with Gasteiger partial charge in [0.25, 0.3) is 0 Å². The molecule has 0 saturated carbocycles. The van der Waals surface area contributed by atoms with Crippen LogP contribution in [0, 0.1) is 13.8 Å². The number of nitrogens with zero attached hydrogens (tertiary/aromatic N) is 4. The van der Waals surface area contributed by atoms with Crippen LogP contribution in [0.15, 0.2) is 6.20 Å². The minimum atomic E-state index is -0.404. The van der Waals surface area contributed by atoms with Crippen molar-refractivity contribution >= 4 is 17.7 Å². The number of hydrogen-bond acceptors (Lipinski definition) is 6. The van der Waals surface area contributed by atoms with Crippen molar-refractivity contribution in [3.63, 3.8) is 0 Å². The van der Waals surface area contributed by atoms with Crippen LogP contribution in [0.25, 0.3) is 0 Å². The summed E-state index contributed by atoms with van der Waals surface area (Å²) in [6.07, 6.45) is 1.70. The van der Waals surface area contributed by atoms with Gasteiger partial charge >= 0.3 is 5.97 Å². The Morgan fingerprint density at radius 3 is 2.80 bits per heavy atom. The first-order valence-corrected chi connectivity index (χ1v) is 6.41. The van der Waals surface area contributed by atoms with Gasteiger partial charge in [-0.3, -0.25) is 14.6 Å². The highest BCUT2D eigenvalue weighted by molar-refractivity contribution is 5.86. The maximum absolute atomic E-state index is 12.1. The van der Waals surface area contributed by atoms with E-state index >= 15 is 0 Å². The standard InChI is InChI=1S/C13H18N4O3/c1-9-6-14-10(2)13(15-9)17-5-4-16(11(18)7-17)8-12(19)20-3/h6H,4-5,7-8H2,1-3H3. The van der Waals surface area contributed by atoms with Crippen LogP contribution in [0.3, 0.4) is 0 Å². The van der Waals surface area contributed by atoms with Gasteiger partial charge in [0.05, 0.1) is 25.0 Å². The van der Waals surface area contributed by atoms with E-state index in [0.29, 0.717) is 13.1 Å². The minimum absolute atomic E-state index is 0.00164. The van der Waals surface area contributed by atoms with Gasteiger partial charge in [-0.2, -0.15) is 0 Å². The van der Waals surface area contributed by atoms with Crippen molar-refractivity contribution in [2.75, 3.05) is 38.2 Å². The highest BCUT2D eigenvalue weighted by Crippen LogP contribution is 2.17. The highest BCUT2D eigenvalue weighted by atomic mass is 16.5. The molecule has 1 aliphatic rings. The van der Waals surface area contributed by atoms with Gasteiger partial charge in [0, 0.05) is 19.3 Å². The van der Waals surface area contributed by atoms with Crippen LogP contribution in [0.1, 0.15) is 11.4 Å². The quantitative estimate of drug-likeness (QED) is 0.720. The van der Waals surface area contributed by atoms with Crippen LogP contribution < -0.4 is 4.90 Å².